The predicted octanol–water partition coefficient (Wildman–Crippen LogP) is 5.11. The molecule has 0 spiro atoms. The summed E-state index contributed by atoms with van der Waals surface area (Å²) < 4.78 is 0. The van der Waals surface area contributed by atoms with Crippen molar-refractivity contribution in [1.29, 1.82) is 0 Å². The minimum Gasteiger partial charge on any atom is -0.314 e. The molecule has 1 fully saturated rings. The summed E-state index contributed by atoms with van der Waals surface area (Å²) in [4.78, 5) is 0. The first kappa shape index (κ1) is 17.0. The van der Waals surface area contributed by atoms with Crippen molar-refractivity contribution in [1.82, 2.24) is 5.32 Å². The molecule has 0 aromatic heterocycles. The molecule has 0 aromatic rings. The van der Waals surface area contributed by atoms with Crippen LogP contribution in [0.15, 0.2) is 0 Å². The second kappa shape index (κ2) is 8.29. The van der Waals surface area contributed by atoms with Gasteiger partial charge in [0.15, 0.2) is 0 Å². The summed E-state index contributed by atoms with van der Waals surface area (Å²) in [5, 5.41) is 3.88. The van der Waals surface area contributed by atoms with E-state index < -0.39 is 0 Å². The summed E-state index contributed by atoms with van der Waals surface area (Å²) in [5.41, 5.74) is 0. The molecule has 1 aliphatic carbocycles. The summed E-state index contributed by atoms with van der Waals surface area (Å²) in [6.45, 7) is 15.5. The zero-order valence-electron chi connectivity index (χ0n) is 14.2. The van der Waals surface area contributed by atoms with Crippen LogP contribution < -0.4 is 5.32 Å². The van der Waals surface area contributed by atoms with Crippen molar-refractivity contribution in [3.05, 3.63) is 0 Å². The highest BCUT2D eigenvalue weighted by molar-refractivity contribution is 4.78. The zero-order valence-corrected chi connectivity index (χ0v) is 14.2. The van der Waals surface area contributed by atoms with Gasteiger partial charge in [0.05, 0.1) is 0 Å². The van der Waals surface area contributed by atoms with E-state index in [1.807, 2.05) is 0 Å². The van der Waals surface area contributed by atoms with Gasteiger partial charge in [0, 0.05) is 6.04 Å². The van der Waals surface area contributed by atoms with Gasteiger partial charge in [-0.05, 0) is 55.4 Å². The maximum atomic E-state index is 3.88. The normalized spacial score (nSPS) is 25.6. The SMILES string of the molecule is CC(C)C1CCCC(NCC(C(C)C)C(C)C)CC1. The third-order valence-corrected chi connectivity index (χ3v) is 5.31. The quantitative estimate of drug-likeness (QED) is 0.659. The van der Waals surface area contributed by atoms with E-state index in [4.69, 9.17) is 0 Å². The lowest BCUT2D eigenvalue weighted by molar-refractivity contribution is 0.259. The van der Waals surface area contributed by atoms with Crippen LogP contribution in [0.2, 0.25) is 0 Å². The summed E-state index contributed by atoms with van der Waals surface area (Å²) in [6.07, 6.45) is 7.10. The Morgan fingerprint density at radius 1 is 0.842 bits per heavy atom. The van der Waals surface area contributed by atoms with Crippen molar-refractivity contribution >= 4 is 0 Å². The number of hydrogen-bond donors (Lipinski definition) is 1. The van der Waals surface area contributed by atoms with Gasteiger partial charge in [-0.2, -0.15) is 0 Å². The predicted molar refractivity (Wildman–Crippen MR) is 86.4 cm³/mol. The average molecular weight is 268 g/mol. The summed E-state index contributed by atoms with van der Waals surface area (Å²) in [7, 11) is 0. The molecule has 0 amide bonds. The van der Waals surface area contributed by atoms with Gasteiger partial charge in [0.1, 0.15) is 0 Å². The van der Waals surface area contributed by atoms with Crippen LogP contribution >= 0.6 is 0 Å². The molecular formula is C18H37N. The average Bonchev–Trinajstić information content (AvgIpc) is 2.53. The highest BCUT2D eigenvalue weighted by Gasteiger charge is 2.23. The Hall–Kier alpha value is -0.0400. The summed E-state index contributed by atoms with van der Waals surface area (Å²) in [6, 6.07) is 0.781. The minimum atomic E-state index is 0.781. The van der Waals surface area contributed by atoms with Gasteiger partial charge >= 0.3 is 0 Å². The van der Waals surface area contributed by atoms with Crippen LogP contribution in [-0.2, 0) is 0 Å². The molecule has 0 radical (unpaired) electrons. The number of nitrogens with one attached hydrogen (secondary N) is 1. The van der Waals surface area contributed by atoms with Crippen molar-refractivity contribution in [3.63, 3.8) is 0 Å². The second-order valence-corrected chi connectivity index (χ2v) is 7.77. The fourth-order valence-corrected chi connectivity index (χ4v) is 3.75. The van der Waals surface area contributed by atoms with Crippen LogP contribution in [0.1, 0.15) is 73.6 Å². The van der Waals surface area contributed by atoms with E-state index in [0.717, 1.165) is 35.6 Å². The second-order valence-electron chi connectivity index (χ2n) is 7.77. The van der Waals surface area contributed by atoms with E-state index in [1.165, 1.54) is 38.6 Å². The van der Waals surface area contributed by atoms with Crippen LogP contribution in [0.3, 0.4) is 0 Å². The van der Waals surface area contributed by atoms with Crippen LogP contribution in [0, 0.1) is 29.6 Å². The van der Waals surface area contributed by atoms with Crippen molar-refractivity contribution in [3.8, 4) is 0 Å². The fourth-order valence-electron chi connectivity index (χ4n) is 3.75. The summed E-state index contributed by atoms with van der Waals surface area (Å²) in [5.74, 6) is 4.25. The van der Waals surface area contributed by atoms with E-state index in [0.29, 0.717) is 0 Å². The van der Waals surface area contributed by atoms with Crippen molar-refractivity contribution < 1.29 is 0 Å². The van der Waals surface area contributed by atoms with Gasteiger partial charge in [-0.1, -0.05) is 54.4 Å². The number of rotatable bonds is 6. The molecule has 0 aliphatic heterocycles. The van der Waals surface area contributed by atoms with Gasteiger partial charge in [-0.25, -0.2) is 0 Å². The van der Waals surface area contributed by atoms with Crippen LogP contribution in [0.4, 0.5) is 0 Å². The van der Waals surface area contributed by atoms with Gasteiger partial charge in [-0.15, -0.1) is 0 Å². The summed E-state index contributed by atoms with van der Waals surface area (Å²) >= 11 is 0. The molecule has 0 heterocycles. The maximum absolute atomic E-state index is 3.88. The zero-order chi connectivity index (χ0) is 14.4. The van der Waals surface area contributed by atoms with Gasteiger partial charge < -0.3 is 5.32 Å². The molecular weight excluding hydrogens is 230 g/mol. The molecule has 1 N–H and O–H groups in total. The molecule has 1 aliphatic rings. The first-order valence-electron chi connectivity index (χ1n) is 8.65. The largest absolute Gasteiger partial charge is 0.314 e. The molecule has 1 heteroatoms. The highest BCUT2D eigenvalue weighted by Crippen LogP contribution is 2.29. The molecule has 2 unspecified atom stereocenters. The lowest BCUT2D eigenvalue weighted by Crippen LogP contribution is -2.36. The maximum Gasteiger partial charge on any atom is 0.00672 e. The Labute approximate surface area is 121 Å². The van der Waals surface area contributed by atoms with E-state index in [2.05, 4.69) is 46.9 Å². The van der Waals surface area contributed by atoms with E-state index in [-0.39, 0.29) is 0 Å². The van der Waals surface area contributed by atoms with Gasteiger partial charge in [-0.3, -0.25) is 0 Å². The monoisotopic (exact) mass is 267 g/mol. The molecule has 1 nitrogen and oxygen atoms in total. The molecule has 19 heavy (non-hydrogen) atoms. The molecule has 0 aromatic carbocycles. The lowest BCUT2D eigenvalue weighted by atomic mass is 9.85. The molecule has 114 valence electrons. The molecule has 1 rings (SSSR count). The van der Waals surface area contributed by atoms with E-state index in [1.54, 1.807) is 0 Å². The Morgan fingerprint density at radius 3 is 2.00 bits per heavy atom. The Kier molecular flexibility index (Phi) is 7.42. The molecule has 0 saturated heterocycles. The van der Waals surface area contributed by atoms with Gasteiger partial charge in [0.2, 0.25) is 0 Å². The van der Waals surface area contributed by atoms with Crippen molar-refractivity contribution in [2.24, 2.45) is 29.6 Å². The topological polar surface area (TPSA) is 12.0 Å². The van der Waals surface area contributed by atoms with E-state index in [9.17, 15) is 0 Å². The highest BCUT2D eigenvalue weighted by atomic mass is 14.9. The van der Waals surface area contributed by atoms with Crippen molar-refractivity contribution in [2.45, 2.75) is 79.7 Å². The number of hydrogen-bond acceptors (Lipinski definition) is 1. The first-order chi connectivity index (χ1) is 8.91. The van der Waals surface area contributed by atoms with Gasteiger partial charge in [0.25, 0.3) is 0 Å². The minimum absolute atomic E-state index is 0.781. The Morgan fingerprint density at radius 2 is 1.47 bits per heavy atom. The molecule has 0 bridgehead atoms. The smallest absolute Gasteiger partial charge is 0.00672 e. The van der Waals surface area contributed by atoms with Crippen molar-refractivity contribution in [2.75, 3.05) is 6.54 Å². The lowest BCUT2D eigenvalue weighted by Gasteiger charge is -2.28. The fraction of sp³-hybridized carbons (Fsp3) is 1.00. The standard InChI is InChI=1S/C18H37N/c1-13(2)16-8-7-9-17(11-10-16)19-12-18(14(3)4)15(5)6/h13-19H,7-12H2,1-6H3. The first-order valence-corrected chi connectivity index (χ1v) is 8.65. The molecule has 1 saturated carbocycles. The van der Waals surface area contributed by atoms with Crippen LogP contribution in [0.5, 0.6) is 0 Å². The van der Waals surface area contributed by atoms with Crippen LogP contribution in [0.25, 0.3) is 0 Å². The van der Waals surface area contributed by atoms with E-state index >= 15 is 0 Å². The third kappa shape index (κ3) is 5.85. The van der Waals surface area contributed by atoms with Crippen LogP contribution in [-0.4, -0.2) is 12.6 Å². The molecule has 2 atom stereocenters. The third-order valence-electron chi connectivity index (χ3n) is 5.31. The Balaban J connectivity index is 2.37. The Bertz CT molecular complexity index is 224.